The summed E-state index contributed by atoms with van der Waals surface area (Å²) >= 11 is 1.61. The van der Waals surface area contributed by atoms with Crippen LogP contribution in [0, 0.1) is 0 Å². The normalized spacial score (nSPS) is 25.9. The number of nitrogens with zero attached hydrogens (tertiary/aromatic N) is 2. The van der Waals surface area contributed by atoms with Crippen molar-refractivity contribution < 1.29 is 38.8 Å². The quantitative estimate of drug-likeness (QED) is 0.300. The molecular weight excluding hydrogens is 513 g/mol. The minimum absolute atomic E-state index is 0.0537. The molecule has 0 spiro atoms. The summed E-state index contributed by atoms with van der Waals surface area (Å²) in [7, 11) is 4.61. The first-order valence-electron chi connectivity index (χ1n) is 6.40. The second-order valence-corrected chi connectivity index (χ2v) is 4.31. The molecule has 1 aliphatic rings. The van der Waals surface area contributed by atoms with Gasteiger partial charge in [0.15, 0.2) is 6.23 Å². The van der Waals surface area contributed by atoms with E-state index in [-0.39, 0.29) is 5.82 Å². The van der Waals surface area contributed by atoms with Crippen molar-refractivity contribution in [2.45, 2.75) is 24.5 Å². The van der Waals surface area contributed by atoms with Crippen molar-refractivity contribution in [1.29, 1.82) is 0 Å². The first-order valence-corrected chi connectivity index (χ1v) is 9.21. The number of halogens is 1. The van der Waals surface area contributed by atoms with Gasteiger partial charge in [-0.1, -0.05) is 0 Å². The number of nitrogen functional groups attached to an aromatic ring is 1. The van der Waals surface area contributed by atoms with Crippen molar-refractivity contribution in [3.05, 3.63) is 28.5 Å². The maximum atomic E-state index is 11.5. The van der Waals surface area contributed by atoms with Crippen molar-refractivity contribution in [2.24, 2.45) is 5.73 Å². The molecule has 8 N–H and O–H groups in total. The molecule has 0 radical (unpaired) electrons. The largest absolute Gasteiger partial charge is 0.676 e. The Kier molecular flexibility index (Phi) is 11.6. The van der Waals surface area contributed by atoms with Gasteiger partial charge in [0.25, 0.3) is 0 Å². The second kappa shape index (κ2) is 11.9. The van der Waals surface area contributed by atoms with E-state index in [2.05, 4.69) is 14.4 Å². The van der Waals surface area contributed by atoms with Crippen molar-refractivity contribution >= 4 is 15.2 Å². The molecule has 1 aromatic rings. The van der Waals surface area contributed by atoms with Gasteiger partial charge in [-0.3, -0.25) is 4.57 Å². The number of aromatic nitrogens is 2. The SMILES string of the molecule is Nc1ccn(C2OC(CO)C(O)C2O)c(=O)n1.[Cl][Pt+].[NH-]CCN. The second-order valence-electron chi connectivity index (χ2n) is 4.31. The summed E-state index contributed by atoms with van der Waals surface area (Å²) in [5, 5.41) is 28.2. The Balaban J connectivity index is 0.000000705. The number of hydrogen-bond donors (Lipinski definition) is 5. The van der Waals surface area contributed by atoms with Gasteiger partial charge in [0, 0.05) is 6.20 Å². The van der Waals surface area contributed by atoms with Gasteiger partial charge in [-0.15, -0.1) is 6.54 Å². The van der Waals surface area contributed by atoms with Crippen LogP contribution in [0.25, 0.3) is 5.73 Å². The molecule has 1 aromatic heterocycles. The summed E-state index contributed by atoms with van der Waals surface area (Å²) in [6, 6.07) is 1.37. The van der Waals surface area contributed by atoms with Crippen molar-refractivity contribution in [3.8, 4) is 0 Å². The summed E-state index contributed by atoms with van der Waals surface area (Å²) in [4.78, 5) is 15.0. The molecule has 4 atom stereocenters. The molecule has 1 saturated heterocycles. The number of nitrogens with one attached hydrogen (secondary N) is 1. The maximum absolute atomic E-state index is 11.5. The third-order valence-electron chi connectivity index (χ3n) is 2.79. The molecule has 0 aliphatic carbocycles. The molecule has 2 heterocycles. The van der Waals surface area contributed by atoms with E-state index in [0.29, 0.717) is 13.1 Å². The van der Waals surface area contributed by atoms with E-state index < -0.39 is 36.8 Å². The number of anilines is 1. The van der Waals surface area contributed by atoms with E-state index in [4.69, 9.17) is 27.0 Å². The summed E-state index contributed by atoms with van der Waals surface area (Å²) in [5.41, 5.74) is 15.8. The van der Waals surface area contributed by atoms with E-state index in [1.54, 1.807) is 18.8 Å². The topological polar surface area (TPSA) is 181 Å². The standard InChI is InChI=1S/C9H13N3O5.C2H7N2.ClH.Pt/c10-5-1-2-12(9(16)11-5)8-7(15)6(14)4(3-13)17-8;3-1-2-4;;/h1-2,4,6-8,13-15H,3H2,(H2,10,11,16);3H,1-2,4H2;1H;/q;-1;;+2/p-1. The van der Waals surface area contributed by atoms with Gasteiger partial charge in [-0.2, -0.15) is 4.98 Å². The molecular formula is C11H20ClN5O5Pt. The van der Waals surface area contributed by atoms with Crippen LogP contribution in [0.15, 0.2) is 17.1 Å². The molecule has 2 rings (SSSR count). The van der Waals surface area contributed by atoms with Gasteiger partial charge >= 0.3 is 33.9 Å². The Hall–Kier alpha value is -0.582. The van der Waals surface area contributed by atoms with Crippen molar-refractivity contribution in [3.63, 3.8) is 0 Å². The van der Waals surface area contributed by atoms with Crippen LogP contribution in [0.1, 0.15) is 6.23 Å². The zero-order valence-electron chi connectivity index (χ0n) is 12.0. The molecule has 4 unspecified atom stereocenters. The average Bonchev–Trinajstić information content (AvgIpc) is 2.85. The summed E-state index contributed by atoms with van der Waals surface area (Å²) in [5.74, 6) is 0.0537. The summed E-state index contributed by atoms with van der Waals surface area (Å²) < 4.78 is 6.19. The van der Waals surface area contributed by atoms with Gasteiger partial charge in [0.05, 0.1) is 6.61 Å². The van der Waals surface area contributed by atoms with Crippen molar-refractivity contribution in [2.75, 3.05) is 25.4 Å². The first-order chi connectivity index (χ1) is 11.0. The van der Waals surface area contributed by atoms with Crippen LogP contribution >= 0.6 is 9.42 Å². The van der Waals surface area contributed by atoms with E-state index in [0.717, 1.165) is 4.57 Å². The monoisotopic (exact) mass is 532 g/mol. The third kappa shape index (κ3) is 6.44. The Morgan fingerprint density at radius 2 is 2.00 bits per heavy atom. The maximum Gasteiger partial charge on any atom is -0.0268 e. The van der Waals surface area contributed by atoms with Crippen LogP contribution < -0.4 is 17.2 Å². The first kappa shape index (κ1) is 22.4. The van der Waals surface area contributed by atoms with Crippen LogP contribution in [-0.4, -0.2) is 62.9 Å². The zero-order valence-corrected chi connectivity index (χ0v) is 15.0. The number of aliphatic hydroxyl groups is 3. The number of hydrogen-bond acceptors (Lipinski definition) is 8. The third-order valence-corrected chi connectivity index (χ3v) is 2.79. The molecule has 1 fully saturated rings. The smallest absolute Gasteiger partial charge is 0.0268 e. The average molecular weight is 533 g/mol. The molecule has 10 nitrogen and oxygen atoms in total. The Bertz CT molecular complexity index is 506. The number of aliphatic hydroxyl groups excluding tert-OH is 3. The van der Waals surface area contributed by atoms with E-state index in [9.17, 15) is 15.0 Å². The Morgan fingerprint density at radius 3 is 2.39 bits per heavy atom. The zero-order chi connectivity index (χ0) is 18.0. The summed E-state index contributed by atoms with van der Waals surface area (Å²) in [6.07, 6.45) is -3.27. The molecule has 0 bridgehead atoms. The molecule has 23 heavy (non-hydrogen) atoms. The minimum Gasteiger partial charge on any atom is -0.676 e. The minimum atomic E-state index is -1.31. The van der Waals surface area contributed by atoms with Crippen LogP contribution in [0.2, 0.25) is 0 Å². The van der Waals surface area contributed by atoms with E-state index in [1.165, 1.54) is 12.3 Å². The summed E-state index contributed by atoms with van der Waals surface area (Å²) in [6.45, 7) is 0.381. The van der Waals surface area contributed by atoms with E-state index >= 15 is 0 Å². The Morgan fingerprint density at radius 1 is 1.43 bits per heavy atom. The number of rotatable bonds is 3. The fourth-order valence-corrected chi connectivity index (χ4v) is 1.73. The van der Waals surface area contributed by atoms with Gasteiger partial charge in [0.2, 0.25) is 0 Å². The fraction of sp³-hybridized carbons (Fsp3) is 0.636. The molecule has 1 aliphatic heterocycles. The number of nitrogens with two attached hydrogens (primary N) is 2. The van der Waals surface area contributed by atoms with Crippen LogP contribution in [0.5, 0.6) is 0 Å². The predicted octanol–water partition coefficient (Wildman–Crippen LogP) is -1.88. The molecule has 12 heteroatoms. The molecule has 0 aromatic carbocycles. The van der Waals surface area contributed by atoms with Crippen LogP contribution in [0.4, 0.5) is 5.82 Å². The van der Waals surface area contributed by atoms with Crippen LogP contribution in [0.3, 0.4) is 0 Å². The Labute approximate surface area is 148 Å². The molecule has 136 valence electrons. The van der Waals surface area contributed by atoms with Gasteiger partial charge in [-0.25, -0.2) is 4.79 Å². The van der Waals surface area contributed by atoms with Gasteiger partial charge in [-0.05, 0) is 12.6 Å². The molecule has 0 saturated carbocycles. The predicted molar refractivity (Wildman–Crippen MR) is 80.0 cm³/mol. The van der Waals surface area contributed by atoms with Gasteiger partial charge < -0.3 is 37.3 Å². The van der Waals surface area contributed by atoms with Crippen LogP contribution in [-0.2, 0) is 23.5 Å². The van der Waals surface area contributed by atoms with Gasteiger partial charge in [0.1, 0.15) is 24.1 Å². The number of ether oxygens (including phenoxy) is 1. The van der Waals surface area contributed by atoms with Crippen molar-refractivity contribution in [1.82, 2.24) is 9.55 Å². The molecule has 0 amide bonds. The fourth-order valence-electron chi connectivity index (χ4n) is 1.73. The van der Waals surface area contributed by atoms with E-state index in [1.807, 2.05) is 0 Å².